The summed E-state index contributed by atoms with van der Waals surface area (Å²) in [6, 6.07) is 9.18. The van der Waals surface area contributed by atoms with Crippen molar-refractivity contribution >= 4 is 17.3 Å². The van der Waals surface area contributed by atoms with Crippen molar-refractivity contribution in [2.24, 2.45) is 7.05 Å². The molecule has 0 saturated carbocycles. The minimum absolute atomic E-state index is 0.400. The Labute approximate surface area is 210 Å². The summed E-state index contributed by atoms with van der Waals surface area (Å²) in [5.74, 6) is 1.99. The number of rotatable bonds is 4. The van der Waals surface area contributed by atoms with E-state index in [2.05, 4.69) is 49.1 Å². The van der Waals surface area contributed by atoms with Crippen molar-refractivity contribution in [3.05, 3.63) is 59.7 Å². The Morgan fingerprint density at radius 2 is 1.94 bits per heavy atom. The van der Waals surface area contributed by atoms with Crippen molar-refractivity contribution in [2.75, 3.05) is 36.1 Å². The molecule has 36 heavy (non-hydrogen) atoms. The Bertz CT molecular complexity index is 1370. The minimum atomic E-state index is 0.400. The molecule has 0 amide bonds. The Hall–Kier alpha value is -3.59. The van der Waals surface area contributed by atoms with Gasteiger partial charge in [0.15, 0.2) is 11.6 Å². The molecule has 186 valence electrons. The molecule has 1 aromatic carbocycles. The third kappa shape index (κ3) is 3.69. The van der Waals surface area contributed by atoms with E-state index in [1.807, 2.05) is 24.0 Å². The summed E-state index contributed by atoms with van der Waals surface area (Å²) in [5.41, 5.74) is 7.71. The number of nitrogens with zero attached hydrogens (tertiary/aromatic N) is 7. The zero-order valence-corrected chi connectivity index (χ0v) is 20.6. The molecule has 7 rings (SSSR count). The van der Waals surface area contributed by atoms with Crippen molar-refractivity contribution in [1.29, 1.82) is 0 Å². The van der Waals surface area contributed by atoms with Crippen LogP contribution in [0.1, 0.15) is 42.1 Å². The summed E-state index contributed by atoms with van der Waals surface area (Å²) in [4.78, 5) is 4.76. The second-order valence-electron chi connectivity index (χ2n) is 10.1. The second kappa shape index (κ2) is 8.81. The lowest BCUT2D eigenvalue weighted by molar-refractivity contribution is 0.0654. The topological polar surface area (TPSA) is 77.4 Å². The van der Waals surface area contributed by atoms with E-state index in [0.29, 0.717) is 6.04 Å². The smallest absolute Gasteiger partial charge is 0.172 e. The van der Waals surface area contributed by atoms with Crippen molar-refractivity contribution in [1.82, 2.24) is 24.7 Å². The first-order chi connectivity index (χ1) is 17.7. The van der Waals surface area contributed by atoms with Crippen LogP contribution in [0.5, 0.6) is 0 Å². The predicted molar refractivity (Wildman–Crippen MR) is 137 cm³/mol. The number of hydrogen-bond acceptors (Lipinski definition) is 7. The number of anilines is 3. The van der Waals surface area contributed by atoms with Gasteiger partial charge in [0.05, 0.1) is 18.8 Å². The number of aromatic nitrogens is 5. The lowest BCUT2D eigenvalue weighted by Crippen LogP contribution is -2.33. The van der Waals surface area contributed by atoms with Gasteiger partial charge in [-0.3, -0.25) is 9.36 Å². The maximum Gasteiger partial charge on any atom is 0.172 e. The molecular formula is C27H31N7O2. The van der Waals surface area contributed by atoms with Gasteiger partial charge in [-0.25, -0.2) is 0 Å². The SMILES string of the molecule is Cn1cc(-c2ccc3c(c2)CCCN3c2nn(C3CCOCC3)c3c2CN(c2ccon2)CC3)cn1. The van der Waals surface area contributed by atoms with E-state index in [0.717, 1.165) is 82.2 Å². The van der Waals surface area contributed by atoms with E-state index < -0.39 is 0 Å². The summed E-state index contributed by atoms with van der Waals surface area (Å²) in [6.07, 6.45) is 10.8. The molecule has 9 nitrogen and oxygen atoms in total. The monoisotopic (exact) mass is 485 g/mol. The van der Waals surface area contributed by atoms with Gasteiger partial charge in [-0.05, 0) is 48.9 Å². The molecule has 9 heteroatoms. The maximum absolute atomic E-state index is 5.67. The highest BCUT2D eigenvalue weighted by Crippen LogP contribution is 2.41. The fraction of sp³-hybridized carbons (Fsp3) is 0.444. The Morgan fingerprint density at radius 3 is 2.75 bits per heavy atom. The first kappa shape index (κ1) is 21.7. The van der Waals surface area contributed by atoms with E-state index in [1.165, 1.54) is 28.1 Å². The summed E-state index contributed by atoms with van der Waals surface area (Å²) in [7, 11) is 1.96. The fourth-order valence-electron chi connectivity index (χ4n) is 6.01. The molecule has 0 radical (unpaired) electrons. The summed E-state index contributed by atoms with van der Waals surface area (Å²) >= 11 is 0. The Balaban J connectivity index is 1.29. The quantitative estimate of drug-likeness (QED) is 0.427. The fourth-order valence-corrected chi connectivity index (χ4v) is 6.01. The van der Waals surface area contributed by atoms with Crippen LogP contribution in [0.2, 0.25) is 0 Å². The van der Waals surface area contributed by atoms with Gasteiger partial charge in [0, 0.05) is 74.5 Å². The molecule has 0 spiro atoms. The molecule has 1 saturated heterocycles. The maximum atomic E-state index is 5.67. The van der Waals surface area contributed by atoms with Gasteiger partial charge in [0.2, 0.25) is 0 Å². The van der Waals surface area contributed by atoms with Crippen LogP contribution < -0.4 is 9.80 Å². The second-order valence-corrected chi connectivity index (χ2v) is 10.1. The average Bonchev–Trinajstić information content (AvgIpc) is 3.68. The first-order valence-corrected chi connectivity index (χ1v) is 13.0. The van der Waals surface area contributed by atoms with Crippen LogP contribution in [0, 0.1) is 0 Å². The van der Waals surface area contributed by atoms with Crippen molar-refractivity contribution < 1.29 is 9.26 Å². The van der Waals surface area contributed by atoms with Crippen LogP contribution in [-0.2, 0) is 31.2 Å². The standard InChI is InChI=1S/C27H31N7O2/c1-31-17-21(16-28-31)19-4-5-24-20(15-19)3-2-10-33(24)27-23-18-32(26-9-14-36-30-26)11-6-25(23)34(29-27)22-7-12-35-13-8-22/h4-5,9,14-17,22H,2-3,6-8,10-13,18H2,1H3. The molecule has 0 bridgehead atoms. The zero-order chi connectivity index (χ0) is 24.1. The molecule has 1 fully saturated rings. The molecule has 6 heterocycles. The van der Waals surface area contributed by atoms with Crippen LogP contribution in [-0.4, -0.2) is 51.0 Å². The lowest BCUT2D eigenvalue weighted by Gasteiger charge is -2.33. The predicted octanol–water partition coefficient (Wildman–Crippen LogP) is 4.27. The summed E-state index contributed by atoms with van der Waals surface area (Å²) in [6.45, 7) is 4.30. The van der Waals surface area contributed by atoms with Gasteiger partial charge in [-0.2, -0.15) is 10.2 Å². The highest BCUT2D eigenvalue weighted by molar-refractivity contribution is 5.74. The highest BCUT2D eigenvalue weighted by atomic mass is 16.5. The molecule has 3 aliphatic heterocycles. The molecule has 0 aliphatic carbocycles. The third-order valence-electron chi connectivity index (χ3n) is 7.84. The van der Waals surface area contributed by atoms with Crippen LogP contribution in [0.15, 0.2) is 47.4 Å². The van der Waals surface area contributed by atoms with Crippen molar-refractivity contribution in [2.45, 2.75) is 44.7 Å². The molecule has 3 aromatic heterocycles. The average molecular weight is 486 g/mol. The van der Waals surface area contributed by atoms with Gasteiger partial charge in [0.25, 0.3) is 0 Å². The van der Waals surface area contributed by atoms with Gasteiger partial charge >= 0.3 is 0 Å². The number of aryl methyl sites for hydroxylation is 2. The molecule has 4 aromatic rings. The third-order valence-corrected chi connectivity index (χ3v) is 7.84. The Morgan fingerprint density at radius 1 is 1.03 bits per heavy atom. The van der Waals surface area contributed by atoms with Gasteiger partial charge in [0.1, 0.15) is 6.26 Å². The van der Waals surface area contributed by atoms with E-state index in [9.17, 15) is 0 Å². The summed E-state index contributed by atoms with van der Waals surface area (Å²) < 4.78 is 15.0. The van der Waals surface area contributed by atoms with Crippen molar-refractivity contribution in [3.63, 3.8) is 0 Å². The van der Waals surface area contributed by atoms with Crippen LogP contribution in [0.25, 0.3) is 11.1 Å². The molecule has 3 aliphatic rings. The largest absolute Gasteiger partial charge is 0.381 e. The van der Waals surface area contributed by atoms with E-state index >= 15 is 0 Å². The minimum Gasteiger partial charge on any atom is -0.381 e. The number of ether oxygens (including phenoxy) is 1. The van der Waals surface area contributed by atoms with Crippen LogP contribution >= 0.6 is 0 Å². The molecule has 0 unspecified atom stereocenters. The highest BCUT2D eigenvalue weighted by Gasteiger charge is 2.33. The first-order valence-electron chi connectivity index (χ1n) is 13.0. The molecular weight excluding hydrogens is 454 g/mol. The zero-order valence-electron chi connectivity index (χ0n) is 20.6. The van der Waals surface area contributed by atoms with Crippen LogP contribution in [0.4, 0.5) is 17.3 Å². The lowest BCUT2D eigenvalue weighted by atomic mass is 9.96. The molecule has 0 atom stereocenters. The van der Waals surface area contributed by atoms with E-state index in [-0.39, 0.29) is 0 Å². The molecule has 0 N–H and O–H groups in total. The van der Waals surface area contributed by atoms with Crippen molar-refractivity contribution in [3.8, 4) is 11.1 Å². The number of benzene rings is 1. The van der Waals surface area contributed by atoms with Gasteiger partial charge < -0.3 is 19.1 Å². The normalized spacial score (nSPS) is 18.4. The number of fused-ring (bicyclic) bond motifs is 2. The Kier molecular flexibility index (Phi) is 5.31. The van der Waals surface area contributed by atoms with E-state index in [4.69, 9.17) is 14.4 Å². The van der Waals surface area contributed by atoms with Gasteiger partial charge in [-0.15, -0.1) is 0 Å². The summed E-state index contributed by atoms with van der Waals surface area (Å²) in [5, 5.41) is 13.9. The van der Waals surface area contributed by atoms with Crippen LogP contribution in [0.3, 0.4) is 0 Å². The number of hydrogen-bond donors (Lipinski definition) is 0. The van der Waals surface area contributed by atoms with E-state index in [1.54, 1.807) is 6.26 Å². The van der Waals surface area contributed by atoms with Gasteiger partial charge in [-0.1, -0.05) is 11.2 Å².